The summed E-state index contributed by atoms with van der Waals surface area (Å²) >= 11 is 0. The molecule has 20 heavy (non-hydrogen) atoms. The van der Waals surface area contributed by atoms with E-state index in [1.807, 2.05) is 0 Å². The molecule has 1 aliphatic carbocycles. The monoisotopic (exact) mass is 343 g/mol. The molecule has 0 aromatic carbocycles. The Labute approximate surface area is 103 Å². The molecule has 0 saturated heterocycles. The molecule has 14 heteroatoms. The van der Waals surface area contributed by atoms with E-state index >= 15 is 0 Å². The molecule has 0 heterocycles. The molecule has 120 valence electrons. The van der Waals surface area contributed by atoms with E-state index in [9.17, 15) is 56.9 Å². The van der Waals surface area contributed by atoms with Gasteiger partial charge in [-0.05, 0) is 0 Å². The van der Waals surface area contributed by atoms with Gasteiger partial charge in [0.05, 0.1) is 0 Å². The van der Waals surface area contributed by atoms with E-state index in [2.05, 4.69) is 0 Å². The van der Waals surface area contributed by atoms with Crippen molar-refractivity contribution in [3.05, 3.63) is 0 Å². The molecule has 0 aliphatic heterocycles. The van der Waals surface area contributed by atoms with Crippen LogP contribution in [0.25, 0.3) is 0 Å². The van der Waals surface area contributed by atoms with Gasteiger partial charge < -0.3 is 4.55 Å². The van der Waals surface area contributed by atoms with Crippen molar-refractivity contribution in [2.75, 3.05) is 0 Å². The standard InChI is InChI=1S/C6H2F10O3S/c7-2(8)1(4(10,11)12)3(9,20(17,18)19)6(15,16)5(2,13)14/h1H,(H,17,18,19)/p-1. The minimum Gasteiger partial charge on any atom is -0.745 e. The number of rotatable bonds is 1. The molecular weight excluding hydrogens is 342 g/mol. The zero-order valence-electron chi connectivity index (χ0n) is 8.49. The molecule has 0 N–H and O–H groups in total. The third-order valence-corrected chi connectivity index (χ3v) is 3.89. The lowest BCUT2D eigenvalue weighted by Gasteiger charge is -2.34. The normalized spacial score (nSPS) is 36.0. The fourth-order valence-corrected chi connectivity index (χ4v) is 2.75. The van der Waals surface area contributed by atoms with E-state index in [1.165, 1.54) is 0 Å². The summed E-state index contributed by atoms with van der Waals surface area (Å²) in [5.74, 6) is -26.7. The van der Waals surface area contributed by atoms with Gasteiger partial charge >= 0.3 is 23.9 Å². The van der Waals surface area contributed by atoms with E-state index < -0.39 is 45.0 Å². The van der Waals surface area contributed by atoms with E-state index in [1.54, 1.807) is 0 Å². The van der Waals surface area contributed by atoms with Crippen LogP contribution in [0.5, 0.6) is 0 Å². The summed E-state index contributed by atoms with van der Waals surface area (Å²) in [5.41, 5.74) is 0. The molecule has 3 nitrogen and oxygen atoms in total. The molecule has 0 radical (unpaired) electrons. The second-order valence-corrected chi connectivity index (χ2v) is 5.35. The molecule has 2 atom stereocenters. The number of halogens is 10. The molecule has 0 bridgehead atoms. The lowest BCUT2D eigenvalue weighted by atomic mass is 10.0. The van der Waals surface area contributed by atoms with Crippen molar-refractivity contribution in [3.8, 4) is 0 Å². The summed E-state index contributed by atoms with van der Waals surface area (Å²) in [6, 6.07) is 0. The van der Waals surface area contributed by atoms with Crippen LogP contribution in [0.2, 0.25) is 0 Å². The summed E-state index contributed by atoms with van der Waals surface area (Å²) in [4.78, 5) is 0. The Morgan fingerprint density at radius 3 is 1.40 bits per heavy atom. The van der Waals surface area contributed by atoms with Gasteiger partial charge in [0, 0.05) is 0 Å². The fraction of sp³-hybridized carbons (Fsp3) is 1.00. The molecule has 1 fully saturated rings. The van der Waals surface area contributed by atoms with Gasteiger partial charge in [-0.2, -0.15) is 39.5 Å². The minimum absolute atomic E-state index is 5.71. The van der Waals surface area contributed by atoms with Gasteiger partial charge in [-0.25, -0.2) is 12.8 Å². The average molecular weight is 343 g/mol. The summed E-state index contributed by atoms with van der Waals surface area (Å²) in [7, 11) is -7.53. The van der Waals surface area contributed by atoms with E-state index in [0.29, 0.717) is 0 Å². The lowest BCUT2D eigenvalue weighted by Crippen LogP contribution is -2.57. The second kappa shape index (κ2) is 3.69. The Kier molecular flexibility index (Phi) is 3.19. The molecule has 0 amide bonds. The zero-order valence-corrected chi connectivity index (χ0v) is 9.31. The van der Waals surface area contributed by atoms with Gasteiger partial charge in [0.15, 0.2) is 5.92 Å². The summed E-state index contributed by atoms with van der Waals surface area (Å²) in [6.07, 6.45) is -6.85. The van der Waals surface area contributed by atoms with Crippen LogP contribution in [0.3, 0.4) is 0 Å². The maximum absolute atomic E-state index is 13.4. The van der Waals surface area contributed by atoms with Crippen molar-refractivity contribution in [2.24, 2.45) is 5.92 Å². The van der Waals surface area contributed by atoms with Crippen molar-refractivity contribution in [1.82, 2.24) is 0 Å². The summed E-state index contributed by atoms with van der Waals surface area (Å²) in [5, 5.41) is -6.74. The minimum atomic E-state index is -7.53. The van der Waals surface area contributed by atoms with Gasteiger partial charge in [-0.15, -0.1) is 0 Å². The van der Waals surface area contributed by atoms with Gasteiger partial charge in [0.1, 0.15) is 10.1 Å². The molecule has 2 unspecified atom stereocenters. The third kappa shape index (κ3) is 1.60. The maximum Gasteiger partial charge on any atom is 0.402 e. The van der Waals surface area contributed by atoms with Gasteiger partial charge in [0.25, 0.3) is 5.00 Å². The highest BCUT2D eigenvalue weighted by Gasteiger charge is 2.98. The highest BCUT2D eigenvalue weighted by Crippen LogP contribution is 2.69. The van der Waals surface area contributed by atoms with Crippen LogP contribution in [0.4, 0.5) is 43.9 Å². The molecule has 1 saturated carbocycles. The molecule has 0 aromatic rings. The topological polar surface area (TPSA) is 57.2 Å². The zero-order chi connectivity index (χ0) is 16.6. The molecule has 0 spiro atoms. The Hall–Kier alpha value is -0.790. The SMILES string of the molecule is O=S(=O)([O-])C1(F)C(C(F)(F)F)C(F)(F)C(F)(F)C1(F)F. The van der Waals surface area contributed by atoms with Gasteiger partial charge in [-0.3, -0.25) is 0 Å². The summed E-state index contributed by atoms with van der Waals surface area (Å²) < 4.78 is 157. The first-order valence-electron chi connectivity index (χ1n) is 4.21. The van der Waals surface area contributed by atoms with Crippen LogP contribution in [-0.2, 0) is 10.1 Å². The predicted octanol–water partition coefficient (Wildman–Crippen LogP) is 2.30. The fourth-order valence-electron chi connectivity index (χ4n) is 1.74. The van der Waals surface area contributed by atoms with Crippen molar-refractivity contribution in [3.63, 3.8) is 0 Å². The Morgan fingerprint density at radius 1 is 0.850 bits per heavy atom. The quantitative estimate of drug-likeness (QED) is 0.542. The first-order chi connectivity index (χ1) is 8.37. The predicted molar refractivity (Wildman–Crippen MR) is 37.9 cm³/mol. The molecule has 0 aromatic heterocycles. The molecule has 1 aliphatic rings. The summed E-state index contributed by atoms with van der Waals surface area (Å²) in [6.45, 7) is 0. The van der Waals surface area contributed by atoms with Gasteiger partial charge in [0.2, 0.25) is 0 Å². The van der Waals surface area contributed by atoms with E-state index in [-0.39, 0.29) is 0 Å². The molecular formula is C6HF10O3S-. The third-order valence-electron chi connectivity index (χ3n) is 2.67. The highest BCUT2D eigenvalue weighted by atomic mass is 32.2. The van der Waals surface area contributed by atoms with Crippen molar-refractivity contribution in [1.29, 1.82) is 0 Å². The number of hydrogen-bond acceptors (Lipinski definition) is 3. The molecule has 1 rings (SSSR count). The van der Waals surface area contributed by atoms with Crippen LogP contribution in [0, 0.1) is 5.92 Å². The van der Waals surface area contributed by atoms with Crippen LogP contribution in [-0.4, -0.2) is 41.9 Å². The first-order valence-corrected chi connectivity index (χ1v) is 5.62. The Balaban J connectivity index is 3.89. The van der Waals surface area contributed by atoms with E-state index in [4.69, 9.17) is 0 Å². The smallest absolute Gasteiger partial charge is 0.402 e. The van der Waals surface area contributed by atoms with E-state index in [0.717, 1.165) is 0 Å². The van der Waals surface area contributed by atoms with Crippen LogP contribution >= 0.6 is 0 Å². The Morgan fingerprint density at radius 2 is 1.20 bits per heavy atom. The number of alkyl halides is 10. The van der Waals surface area contributed by atoms with Crippen LogP contribution < -0.4 is 0 Å². The largest absolute Gasteiger partial charge is 0.745 e. The highest BCUT2D eigenvalue weighted by molar-refractivity contribution is 7.87. The Bertz CT molecular complexity index is 522. The lowest BCUT2D eigenvalue weighted by molar-refractivity contribution is -0.301. The van der Waals surface area contributed by atoms with Crippen molar-refractivity contribution in [2.45, 2.75) is 28.9 Å². The van der Waals surface area contributed by atoms with Crippen LogP contribution in [0.15, 0.2) is 0 Å². The van der Waals surface area contributed by atoms with Gasteiger partial charge in [-0.1, -0.05) is 0 Å². The van der Waals surface area contributed by atoms with Crippen molar-refractivity contribution < 1.29 is 56.9 Å². The number of hydrogen-bond donors (Lipinski definition) is 0. The first kappa shape index (κ1) is 17.3. The average Bonchev–Trinajstić information content (AvgIpc) is 2.18. The second-order valence-electron chi connectivity index (χ2n) is 3.85. The maximum atomic E-state index is 13.4. The van der Waals surface area contributed by atoms with Crippen molar-refractivity contribution >= 4 is 10.1 Å². The van der Waals surface area contributed by atoms with Crippen LogP contribution in [0.1, 0.15) is 0 Å².